The van der Waals surface area contributed by atoms with Gasteiger partial charge in [-0.2, -0.15) is 0 Å². The number of carbonyl (C=O) groups is 2. The molecule has 0 aliphatic carbocycles. The number of nitrogens with one attached hydrogen (secondary N) is 2. The molecule has 0 saturated carbocycles. The van der Waals surface area contributed by atoms with Crippen LogP contribution in [0, 0.1) is 23.3 Å². The molecule has 0 bridgehead atoms. The summed E-state index contributed by atoms with van der Waals surface area (Å²) in [4.78, 5) is 27.9. The van der Waals surface area contributed by atoms with Crippen LogP contribution in [0.25, 0.3) is 0 Å². The van der Waals surface area contributed by atoms with Crippen molar-refractivity contribution in [3.8, 4) is 0 Å². The Bertz CT molecular complexity index is 916. The first-order chi connectivity index (χ1) is 14.3. The van der Waals surface area contributed by atoms with Crippen LogP contribution in [0.2, 0.25) is 0 Å². The molecule has 1 saturated heterocycles. The minimum absolute atomic E-state index is 0.0735. The first-order valence-corrected chi connectivity index (χ1v) is 9.26. The number of carbonyl (C=O) groups excluding carboxylic acids is 2. The lowest BCUT2D eigenvalue weighted by atomic mass is 10.2. The Labute approximate surface area is 170 Å². The number of nitrogens with zero attached hydrogens (tertiary/aromatic N) is 2. The molecule has 0 unspecified atom stereocenters. The van der Waals surface area contributed by atoms with Gasteiger partial charge in [0.05, 0.1) is 18.8 Å². The van der Waals surface area contributed by atoms with Gasteiger partial charge >= 0.3 is 0 Å². The predicted octanol–water partition coefficient (Wildman–Crippen LogP) is 2.12. The van der Waals surface area contributed by atoms with E-state index in [0.717, 1.165) is 11.8 Å². The standard InChI is InChI=1S/C20H20F4N4O2/c21-13-1-3-14(4-2-13)28-9-7-27(8-10-28)12-18(30)25-11-17(29)26-16-6-5-15(22)19(23)20(16)24/h1-6H,7-12H2,(H,25,30)(H,26,29). The van der Waals surface area contributed by atoms with Crippen molar-refractivity contribution in [1.29, 1.82) is 0 Å². The molecule has 0 spiro atoms. The zero-order chi connectivity index (χ0) is 21.7. The summed E-state index contributed by atoms with van der Waals surface area (Å²) in [7, 11) is 0. The summed E-state index contributed by atoms with van der Waals surface area (Å²) in [5.41, 5.74) is 0.395. The largest absolute Gasteiger partial charge is 0.369 e. The second-order valence-corrected chi connectivity index (χ2v) is 6.79. The Balaban J connectivity index is 1.40. The maximum absolute atomic E-state index is 13.6. The molecule has 1 aliphatic rings. The van der Waals surface area contributed by atoms with Gasteiger partial charge in [-0.15, -0.1) is 0 Å². The SMILES string of the molecule is O=C(CN1CCN(c2ccc(F)cc2)CC1)NCC(=O)Nc1ccc(F)c(F)c1F. The molecule has 2 amide bonds. The van der Waals surface area contributed by atoms with Crippen molar-refractivity contribution in [3.63, 3.8) is 0 Å². The number of rotatable bonds is 6. The Morgan fingerprint density at radius 3 is 2.17 bits per heavy atom. The highest BCUT2D eigenvalue weighted by atomic mass is 19.2. The molecule has 0 aromatic heterocycles. The highest BCUT2D eigenvalue weighted by Gasteiger charge is 2.20. The first-order valence-electron chi connectivity index (χ1n) is 9.26. The van der Waals surface area contributed by atoms with Crippen molar-refractivity contribution in [2.75, 3.05) is 49.5 Å². The summed E-state index contributed by atoms with van der Waals surface area (Å²) in [6.07, 6.45) is 0. The average molecular weight is 424 g/mol. The van der Waals surface area contributed by atoms with E-state index >= 15 is 0 Å². The van der Waals surface area contributed by atoms with E-state index in [1.165, 1.54) is 12.1 Å². The fourth-order valence-corrected chi connectivity index (χ4v) is 3.07. The normalized spacial score (nSPS) is 14.5. The first kappa shape index (κ1) is 21.6. The third-order valence-electron chi connectivity index (χ3n) is 4.69. The van der Waals surface area contributed by atoms with E-state index in [1.807, 2.05) is 4.90 Å². The van der Waals surface area contributed by atoms with Crippen LogP contribution in [-0.2, 0) is 9.59 Å². The van der Waals surface area contributed by atoms with Crippen LogP contribution < -0.4 is 15.5 Å². The zero-order valence-electron chi connectivity index (χ0n) is 15.9. The van der Waals surface area contributed by atoms with Crippen LogP contribution in [0.5, 0.6) is 0 Å². The molecule has 2 N–H and O–H groups in total. The quantitative estimate of drug-likeness (QED) is 0.551. The average Bonchev–Trinajstić information content (AvgIpc) is 2.74. The number of benzene rings is 2. The number of anilines is 2. The van der Waals surface area contributed by atoms with Crippen LogP contribution >= 0.6 is 0 Å². The van der Waals surface area contributed by atoms with E-state index in [9.17, 15) is 27.2 Å². The second-order valence-electron chi connectivity index (χ2n) is 6.79. The Morgan fingerprint density at radius 2 is 1.50 bits per heavy atom. The van der Waals surface area contributed by atoms with E-state index in [4.69, 9.17) is 0 Å². The van der Waals surface area contributed by atoms with Gasteiger partial charge < -0.3 is 15.5 Å². The molecule has 3 rings (SSSR count). The summed E-state index contributed by atoms with van der Waals surface area (Å²) in [6.45, 7) is 2.18. The summed E-state index contributed by atoms with van der Waals surface area (Å²) >= 11 is 0. The van der Waals surface area contributed by atoms with E-state index in [2.05, 4.69) is 15.5 Å². The minimum Gasteiger partial charge on any atom is -0.369 e. The highest BCUT2D eigenvalue weighted by molar-refractivity contribution is 5.94. The lowest BCUT2D eigenvalue weighted by Gasteiger charge is -2.35. The number of piperazine rings is 1. The molecular formula is C20H20F4N4O2. The molecule has 2 aromatic carbocycles. The molecule has 0 radical (unpaired) electrons. The van der Waals surface area contributed by atoms with Crippen molar-refractivity contribution in [3.05, 3.63) is 59.7 Å². The van der Waals surface area contributed by atoms with Crippen molar-refractivity contribution in [2.45, 2.75) is 0 Å². The van der Waals surface area contributed by atoms with Gasteiger partial charge in [-0.05, 0) is 36.4 Å². The summed E-state index contributed by atoms with van der Waals surface area (Å²) in [6, 6.07) is 7.78. The van der Waals surface area contributed by atoms with E-state index in [-0.39, 0.29) is 12.4 Å². The molecule has 1 aliphatic heterocycles. The summed E-state index contributed by atoms with van der Waals surface area (Å²) in [5, 5.41) is 4.49. The Hall–Kier alpha value is -3.14. The van der Waals surface area contributed by atoms with Crippen LogP contribution in [0.1, 0.15) is 0 Å². The highest BCUT2D eigenvalue weighted by Crippen LogP contribution is 2.19. The van der Waals surface area contributed by atoms with Crippen molar-refractivity contribution >= 4 is 23.2 Å². The maximum atomic E-state index is 13.6. The molecule has 160 valence electrons. The zero-order valence-corrected chi connectivity index (χ0v) is 15.9. The van der Waals surface area contributed by atoms with Gasteiger partial charge in [0, 0.05) is 31.9 Å². The summed E-state index contributed by atoms with van der Waals surface area (Å²) in [5.74, 6) is -6.02. The second kappa shape index (κ2) is 9.57. The van der Waals surface area contributed by atoms with E-state index < -0.39 is 41.5 Å². The summed E-state index contributed by atoms with van der Waals surface area (Å²) < 4.78 is 52.6. The smallest absolute Gasteiger partial charge is 0.243 e. The molecule has 30 heavy (non-hydrogen) atoms. The maximum Gasteiger partial charge on any atom is 0.243 e. The van der Waals surface area contributed by atoms with Gasteiger partial charge in [0.25, 0.3) is 0 Å². The molecule has 6 nitrogen and oxygen atoms in total. The number of amides is 2. The molecule has 1 fully saturated rings. The Morgan fingerprint density at radius 1 is 0.833 bits per heavy atom. The van der Waals surface area contributed by atoms with E-state index in [0.29, 0.717) is 32.2 Å². The van der Waals surface area contributed by atoms with Crippen molar-refractivity contribution in [2.24, 2.45) is 0 Å². The lowest BCUT2D eigenvalue weighted by molar-refractivity contribution is -0.125. The lowest BCUT2D eigenvalue weighted by Crippen LogP contribution is -2.50. The number of hydrogen-bond donors (Lipinski definition) is 2. The fourth-order valence-electron chi connectivity index (χ4n) is 3.07. The molecular weight excluding hydrogens is 404 g/mol. The molecule has 2 aromatic rings. The van der Waals surface area contributed by atoms with Gasteiger partial charge in [0.2, 0.25) is 11.8 Å². The molecule has 1 heterocycles. The number of hydrogen-bond acceptors (Lipinski definition) is 4. The minimum atomic E-state index is -1.68. The van der Waals surface area contributed by atoms with Crippen LogP contribution in [-0.4, -0.2) is 56.0 Å². The van der Waals surface area contributed by atoms with Crippen molar-refractivity contribution in [1.82, 2.24) is 10.2 Å². The molecule has 10 heteroatoms. The monoisotopic (exact) mass is 424 g/mol. The fraction of sp³-hybridized carbons (Fsp3) is 0.300. The van der Waals surface area contributed by atoms with Gasteiger partial charge in [-0.1, -0.05) is 0 Å². The van der Waals surface area contributed by atoms with Gasteiger partial charge in [0.15, 0.2) is 17.5 Å². The van der Waals surface area contributed by atoms with Gasteiger partial charge in [-0.3, -0.25) is 14.5 Å². The Kier molecular flexibility index (Phi) is 6.88. The topological polar surface area (TPSA) is 64.7 Å². The predicted molar refractivity (Wildman–Crippen MR) is 103 cm³/mol. The van der Waals surface area contributed by atoms with Crippen LogP contribution in [0.4, 0.5) is 28.9 Å². The van der Waals surface area contributed by atoms with Crippen molar-refractivity contribution < 1.29 is 27.2 Å². The third-order valence-corrected chi connectivity index (χ3v) is 4.69. The van der Waals surface area contributed by atoms with Crippen LogP contribution in [0.15, 0.2) is 36.4 Å². The van der Waals surface area contributed by atoms with Crippen LogP contribution in [0.3, 0.4) is 0 Å². The van der Waals surface area contributed by atoms with Gasteiger partial charge in [-0.25, -0.2) is 17.6 Å². The number of halogens is 4. The van der Waals surface area contributed by atoms with E-state index in [1.54, 1.807) is 12.1 Å². The van der Waals surface area contributed by atoms with Gasteiger partial charge in [0.1, 0.15) is 5.82 Å². The third kappa shape index (κ3) is 5.47. The molecule has 0 atom stereocenters.